The third-order valence-electron chi connectivity index (χ3n) is 5.68. The first kappa shape index (κ1) is 24.7. The van der Waals surface area contributed by atoms with E-state index in [0.717, 1.165) is 17.9 Å². The summed E-state index contributed by atoms with van der Waals surface area (Å²) in [5.41, 5.74) is 7.33. The van der Waals surface area contributed by atoms with Crippen LogP contribution in [0.5, 0.6) is 11.8 Å². The minimum absolute atomic E-state index is 0.0684. The van der Waals surface area contributed by atoms with Crippen molar-refractivity contribution in [3.63, 3.8) is 0 Å². The average Bonchev–Trinajstić information content (AvgIpc) is 3.62. The maximum Gasteiger partial charge on any atom is 0.573 e. The molecule has 1 fully saturated rings. The predicted octanol–water partition coefficient (Wildman–Crippen LogP) is 3.67. The molecule has 0 bridgehead atoms. The predicted molar refractivity (Wildman–Crippen MR) is 122 cm³/mol. The molecule has 9 nitrogen and oxygen atoms in total. The SMILES string of the molecule is N#Cc1ccnc(OCC2(CN(N)C(=O)c3cc(-c4ccc(OC(F)(F)F)cc4)ccc3N)CC2)n1. The fourth-order valence-corrected chi connectivity index (χ4v) is 3.57. The number of rotatable bonds is 8. The van der Waals surface area contributed by atoms with Crippen molar-refractivity contribution < 1.29 is 27.4 Å². The Kier molecular flexibility index (Phi) is 6.67. The molecule has 1 aliphatic carbocycles. The first-order valence-corrected chi connectivity index (χ1v) is 10.8. The van der Waals surface area contributed by atoms with Crippen molar-refractivity contribution in [3.05, 3.63) is 66.0 Å². The molecule has 1 saturated carbocycles. The van der Waals surface area contributed by atoms with Crippen molar-refractivity contribution in [2.45, 2.75) is 19.2 Å². The summed E-state index contributed by atoms with van der Waals surface area (Å²) in [7, 11) is 0. The van der Waals surface area contributed by atoms with E-state index in [1.54, 1.807) is 6.07 Å². The van der Waals surface area contributed by atoms with Crippen LogP contribution in [-0.2, 0) is 0 Å². The molecular weight excluding hydrogens is 477 g/mol. The second kappa shape index (κ2) is 9.71. The Hall–Kier alpha value is -4.37. The molecule has 1 aromatic heterocycles. The van der Waals surface area contributed by atoms with Gasteiger partial charge in [0.2, 0.25) is 0 Å². The number of nitrogen functional groups attached to an aromatic ring is 1. The van der Waals surface area contributed by atoms with Crippen LogP contribution in [0.25, 0.3) is 11.1 Å². The number of nitrogens with zero attached hydrogens (tertiary/aromatic N) is 4. The molecule has 4 N–H and O–H groups in total. The molecule has 186 valence electrons. The maximum absolute atomic E-state index is 13.1. The fourth-order valence-electron chi connectivity index (χ4n) is 3.57. The molecule has 1 aliphatic rings. The lowest BCUT2D eigenvalue weighted by molar-refractivity contribution is -0.274. The topological polar surface area (TPSA) is 140 Å². The highest BCUT2D eigenvalue weighted by molar-refractivity contribution is 6.00. The number of anilines is 1. The summed E-state index contributed by atoms with van der Waals surface area (Å²) < 4.78 is 46.7. The zero-order valence-electron chi connectivity index (χ0n) is 18.8. The number of alkyl halides is 3. The number of halogens is 3. The Bertz CT molecular complexity index is 1300. The molecule has 12 heteroatoms. The van der Waals surface area contributed by atoms with Gasteiger partial charge in [-0.15, -0.1) is 13.2 Å². The summed E-state index contributed by atoms with van der Waals surface area (Å²) in [5.74, 6) is 5.23. The smallest absolute Gasteiger partial charge is 0.463 e. The quantitative estimate of drug-likeness (QED) is 0.207. The van der Waals surface area contributed by atoms with E-state index >= 15 is 0 Å². The van der Waals surface area contributed by atoms with Gasteiger partial charge >= 0.3 is 12.4 Å². The number of hydrogen-bond donors (Lipinski definition) is 2. The van der Waals surface area contributed by atoms with Crippen LogP contribution in [0.4, 0.5) is 18.9 Å². The van der Waals surface area contributed by atoms with Crippen LogP contribution in [0.15, 0.2) is 54.7 Å². The van der Waals surface area contributed by atoms with Crippen molar-refractivity contribution in [1.29, 1.82) is 5.26 Å². The highest BCUT2D eigenvalue weighted by Crippen LogP contribution is 2.46. The van der Waals surface area contributed by atoms with E-state index in [1.165, 1.54) is 48.7 Å². The van der Waals surface area contributed by atoms with Gasteiger partial charge in [-0.3, -0.25) is 9.80 Å². The summed E-state index contributed by atoms with van der Waals surface area (Å²) in [4.78, 5) is 21.0. The largest absolute Gasteiger partial charge is 0.573 e. The average molecular weight is 498 g/mol. The van der Waals surface area contributed by atoms with Crippen LogP contribution in [0.2, 0.25) is 0 Å². The number of nitrogens with two attached hydrogens (primary N) is 2. The third kappa shape index (κ3) is 6.00. The third-order valence-corrected chi connectivity index (χ3v) is 5.68. The maximum atomic E-state index is 13.1. The first-order valence-electron chi connectivity index (χ1n) is 10.8. The molecule has 1 amide bonds. The van der Waals surface area contributed by atoms with Gasteiger partial charge in [0.05, 0.1) is 12.2 Å². The van der Waals surface area contributed by atoms with Crippen LogP contribution in [0.3, 0.4) is 0 Å². The van der Waals surface area contributed by atoms with E-state index in [1.807, 2.05) is 6.07 Å². The van der Waals surface area contributed by atoms with Crippen molar-refractivity contribution in [2.75, 3.05) is 18.9 Å². The first-order chi connectivity index (χ1) is 17.1. The Balaban J connectivity index is 1.43. The molecule has 1 heterocycles. The highest BCUT2D eigenvalue weighted by atomic mass is 19.4. The van der Waals surface area contributed by atoms with E-state index in [0.29, 0.717) is 11.1 Å². The molecular formula is C24H21F3N6O3. The van der Waals surface area contributed by atoms with Crippen molar-refractivity contribution in [1.82, 2.24) is 15.0 Å². The number of benzene rings is 2. The minimum atomic E-state index is -4.79. The van der Waals surface area contributed by atoms with Gasteiger partial charge in [0.25, 0.3) is 5.91 Å². The molecule has 0 spiro atoms. The number of hydrazine groups is 1. The summed E-state index contributed by atoms with van der Waals surface area (Å²) in [5, 5.41) is 10.0. The summed E-state index contributed by atoms with van der Waals surface area (Å²) in [6.45, 7) is 0.404. The normalized spacial score (nSPS) is 14.0. The van der Waals surface area contributed by atoms with Gasteiger partial charge in [0, 0.05) is 23.8 Å². The molecule has 0 saturated heterocycles. The number of nitriles is 1. The number of hydrogen-bond acceptors (Lipinski definition) is 8. The lowest BCUT2D eigenvalue weighted by atomic mass is 10.0. The lowest BCUT2D eigenvalue weighted by Gasteiger charge is -2.24. The molecule has 2 aromatic carbocycles. The number of aromatic nitrogens is 2. The lowest BCUT2D eigenvalue weighted by Crippen LogP contribution is -2.43. The van der Waals surface area contributed by atoms with Crippen molar-refractivity contribution >= 4 is 11.6 Å². The number of ether oxygens (including phenoxy) is 2. The van der Waals surface area contributed by atoms with Gasteiger partial charge in [-0.1, -0.05) is 18.2 Å². The van der Waals surface area contributed by atoms with Crippen molar-refractivity contribution in [3.8, 4) is 29.0 Å². The molecule has 4 rings (SSSR count). The van der Waals surface area contributed by atoms with Crippen LogP contribution in [0, 0.1) is 16.7 Å². The summed E-state index contributed by atoms with van der Waals surface area (Å²) >= 11 is 0. The Morgan fingerprint density at radius 3 is 2.47 bits per heavy atom. The molecule has 3 aromatic rings. The van der Waals surface area contributed by atoms with Gasteiger partial charge in [0.1, 0.15) is 17.5 Å². The zero-order chi connectivity index (χ0) is 25.9. The van der Waals surface area contributed by atoms with Crippen LogP contribution < -0.4 is 21.1 Å². The highest BCUT2D eigenvalue weighted by Gasteiger charge is 2.46. The molecule has 36 heavy (non-hydrogen) atoms. The van der Waals surface area contributed by atoms with Crippen LogP contribution >= 0.6 is 0 Å². The summed E-state index contributed by atoms with van der Waals surface area (Å²) in [6.07, 6.45) is -1.82. The molecule has 0 unspecified atom stereocenters. The Morgan fingerprint density at radius 2 is 1.83 bits per heavy atom. The van der Waals surface area contributed by atoms with E-state index in [9.17, 15) is 18.0 Å². The molecule has 0 radical (unpaired) electrons. The van der Waals surface area contributed by atoms with Crippen molar-refractivity contribution in [2.24, 2.45) is 11.3 Å². The standard InChI is InChI=1S/C24H21F3N6O3/c25-24(26,27)36-18-4-1-15(2-5-18)16-3-6-20(29)19(11-16)21(34)33(30)13-23(8-9-23)14-35-22-31-10-7-17(12-28)32-22/h1-7,10-11H,8-9,13-14,29-30H2. The van der Waals surface area contributed by atoms with Gasteiger partial charge in [0.15, 0.2) is 0 Å². The van der Waals surface area contributed by atoms with Crippen LogP contribution in [-0.4, -0.2) is 40.4 Å². The monoisotopic (exact) mass is 498 g/mol. The second-order valence-corrected chi connectivity index (χ2v) is 8.43. The van der Waals surface area contributed by atoms with E-state index in [2.05, 4.69) is 14.7 Å². The Labute approximate surface area is 204 Å². The van der Waals surface area contributed by atoms with Crippen LogP contribution in [0.1, 0.15) is 28.9 Å². The van der Waals surface area contributed by atoms with Gasteiger partial charge in [-0.05, 0) is 54.3 Å². The van der Waals surface area contributed by atoms with E-state index < -0.39 is 12.3 Å². The molecule has 0 atom stereocenters. The second-order valence-electron chi connectivity index (χ2n) is 8.43. The van der Waals surface area contributed by atoms with Gasteiger partial charge in [-0.2, -0.15) is 10.2 Å². The Morgan fingerprint density at radius 1 is 1.14 bits per heavy atom. The van der Waals surface area contributed by atoms with Gasteiger partial charge in [-0.25, -0.2) is 10.8 Å². The van der Waals surface area contributed by atoms with Gasteiger partial charge < -0.3 is 15.2 Å². The number of carbonyl (C=O) groups excluding carboxylic acids is 1. The minimum Gasteiger partial charge on any atom is -0.463 e. The fraction of sp³-hybridized carbons (Fsp3) is 0.250. The number of amides is 1. The summed E-state index contributed by atoms with van der Waals surface area (Å²) in [6, 6.07) is 13.4. The van der Waals surface area contributed by atoms with E-state index in [-0.39, 0.29) is 47.3 Å². The molecule has 0 aliphatic heterocycles. The zero-order valence-corrected chi connectivity index (χ0v) is 18.8. The van der Waals surface area contributed by atoms with E-state index in [4.69, 9.17) is 21.6 Å². The number of carbonyl (C=O) groups is 1.